The zero-order valence-corrected chi connectivity index (χ0v) is 8.23. The summed E-state index contributed by atoms with van der Waals surface area (Å²) in [7, 11) is 0. The molecule has 0 amide bonds. The van der Waals surface area contributed by atoms with Gasteiger partial charge in [-0.1, -0.05) is 11.6 Å². The molecule has 0 saturated carbocycles. The van der Waals surface area contributed by atoms with Crippen molar-refractivity contribution in [2.75, 3.05) is 0 Å². The first-order chi connectivity index (χ1) is 6.77. The second kappa shape index (κ2) is 3.67. The molecule has 0 bridgehead atoms. The summed E-state index contributed by atoms with van der Waals surface area (Å²) in [4.78, 5) is 7.93. The third-order valence-electron chi connectivity index (χ3n) is 1.70. The number of hydrogen-bond acceptors (Lipinski definition) is 4. The SMILES string of the molecule is Cc1nnc(-c2ccncc2)c(Cl)n1. The number of aryl methyl sites for hydroxylation is 1. The molecule has 0 aliphatic rings. The highest BCUT2D eigenvalue weighted by Crippen LogP contribution is 2.21. The minimum atomic E-state index is 0.365. The molecule has 0 aliphatic heterocycles. The second-order valence-electron chi connectivity index (χ2n) is 2.73. The van der Waals surface area contributed by atoms with Crippen molar-refractivity contribution < 1.29 is 0 Å². The van der Waals surface area contributed by atoms with Crippen LogP contribution in [-0.4, -0.2) is 20.2 Å². The van der Waals surface area contributed by atoms with E-state index in [1.807, 2.05) is 12.1 Å². The maximum Gasteiger partial charge on any atom is 0.159 e. The fraction of sp³-hybridized carbons (Fsp3) is 0.111. The second-order valence-corrected chi connectivity index (χ2v) is 3.09. The zero-order valence-electron chi connectivity index (χ0n) is 7.48. The fourth-order valence-electron chi connectivity index (χ4n) is 1.07. The van der Waals surface area contributed by atoms with Crippen LogP contribution in [0.5, 0.6) is 0 Å². The Bertz CT molecular complexity index is 444. The van der Waals surface area contributed by atoms with Crippen molar-refractivity contribution in [2.45, 2.75) is 6.92 Å². The molecule has 0 N–H and O–H groups in total. The van der Waals surface area contributed by atoms with Crippen molar-refractivity contribution >= 4 is 11.6 Å². The molecule has 4 nitrogen and oxygen atoms in total. The van der Waals surface area contributed by atoms with Gasteiger partial charge in [-0.25, -0.2) is 4.98 Å². The summed E-state index contributed by atoms with van der Waals surface area (Å²) >= 11 is 5.93. The number of pyridine rings is 1. The Morgan fingerprint density at radius 1 is 1.14 bits per heavy atom. The zero-order chi connectivity index (χ0) is 9.97. The number of aromatic nitrogens is 4. The average molecular weight is 207 g/mol. The highest BCUT2D eigenvalue weighted by molar-refractivity contribution is 6.31. The van der Waals surface area contributed by atoms with E-state index in [9.17, 15) is 0 Å². The van der Waals surface area contributed by atoms with Gasteiger partial charge in [-0.05, 0) is 19.1 Å². The van der Waals surface area contributed by atoms with Gasteiger partial charge in [0.1, 0.15) is 11.5 Å². The smallest absolute Gasteiger partial charge is 0.159 e. The topological polar surface area (TPSA) is 51.6 Å². The summed E-state index contributed by atoms with van der Waals surface area (Å²) in [6.45, 7) is 1.75. The predicted molar refractivity (Wildman–Crippen MR) is 52.8 cm³/mol. The lowest BCUT2D eigenvalue weighted by atomic mass is 10.2. The molecule has 0 aliphatic carbocycles. The molecule has 2 heterocycles. The fourth-order valence-corrected chi connectivity index (χ4v) is 1.34. The molecule has 2 rings (SSSR count). The van der Waals surface area contributed by atoms with Crippen LogP contribution in [0.1, 0.15) is 5.82 Å². The van der Waals surface area contributed by atoms with Crippen LogP contribution in [0.15, 0.2) is 24.5 Å². The molecule has 0 radical (unpaired) electrons. The van der Waals surface area contributed by atoms with E-state index in [-0.39, 0.29) is 0 Å². The molecule has 0 spiro atoms. The molecule has 0 atom stereocenters. The molecule has 14 heavy (non-hydrogen) atoms. The lowest BCUT2D eigenvalue weighted by molar-refractivity contribution is 0.914. The third kappa shape index (κ3) is 1.70. The van der Waals surface area contributed by atoms with Crippen LogP contribution in [0.4, 0.5) is 0 Å². The molecular weight excluding hydrogens is 200 g/mol. The van der Waals surface area contributed by atoms with E-state index in [1.165, 1.54) is 0 Å². The summed E-state index contributed by atoms with van der Waals surface area (Å²) < 4.78 is 0. The Morgan fingerprint density at radius 2 is 1.86 bits per heavy atom. The first-order valence-electron chi connectivity index (χ1n) is 4.04. The Kier molecular flexibility index (Phi) is 2.37. The number of rotatable bonds is 1. The van der Waals surface area contributed by atoms with Crippen molar-refractivity contribution in [3.8, 4) is 11.3 Å². The van der Waals surface area contributed by atoms with Crippen LogP contribution < -0.4 is 0 Å². The molecule has 2 aromatic heterocycles. The minimum absolute atomic E-state index is 0.365. The summed E-state index contributed by atoms with van der Waals surface area (Å²) in [5.74, 6) is 0.563. The van der Waals surface area contributed by atoms with Gasteiger partial charge in [-0.3, -0.25) is 4.98 Å². The van der Waals surface area contributed by atoms with Crippen LogP contribution in [-0.2, 0) is 0 Å². The van der Waals surface area contributed by atoms with E-state index in [2.05, 4.69) is 20.2 Å². The predicted octanol–water partition coefficient (Wildman–Crippen LogP) is 1.90. The van der Waals surface area contributed by atoms with E-state index >= 15 is 0 Å². The van der Waals surface area contributed by atoms with Crippen LogP contribution in [0, 0.1) is 6.92 Å². The number of halogens is 1. The summed E-state index contributed by atoms with van der Waals surface area (Å²) in [5, 5.41) is 8.19. The Balaban J connectivity index is 2.53. The first-order valence-corrected chi connectivity index (χ1v) is 4.42. The lowest BCUT2D eigenvalue weighted by Crippen LogP contribution is -1.95. The van der Waals surface area contributed by atoms with E-state index < -0.39 is 0 Å². The maximum absolute atomic E-state index is 5.93. The van der Waals surface area contributed by atoms with Crippen LogP contribution in [0.3, 0.4) is 0 Å². The standard InChI is InChI=1S/C9H7ClN4/c1-6-12-9(10)8(14-13-6)7-2-4-11-5-3-7/h2-5H,1H3. The van der Waals surface area contributed by atoms with Gasteiger partial charge >= 0.3 is 0 Å². The molecule has 0 aromatic carbocycles. The van der Waals surface area contributed by atoms with Gasteiger partial charge in [-0.2, -0.15) is 0 Å². The summed E-state index contributed by atoms with van der Waals surface area (Å²) in [6, 6.07) is 3.62. The number of nitrogens with zero attached hydrogens (tertiary/aromatic N) is 4. The van der Waals surface area contributed by atoms with Crippen LogP contribution in [0.2, 0.25) is 5.15 Å². The first kappa shape index (κ1) is 9.02. The van der Waals surface area contributed by atoms with Gasteiger partial charge in [-0.15, -0.1) is 10.2 Å². The van der Waals surface area contributed by atoms with Crippen LogP contribution >= 0.6 is 11.6 Å². The Morgan fingerprint density at radius 3 is 2.50 bits per heavy atom. The van der Waals surface area contributed by atoms with Gasteiger partial charge in [0.15, 0.2) is 5.15 Å². The highest BCUT2D eigenvalue weighted by atomic mass is 35.5. The molecule has 0 fully saturated rings. The van der Waals surface area contributed by atoms with Gasteiger partial charge in [0.05, 0.1) is 0 Å². The van der Waals surface area contributed by atoms with E-state index in [4.69, 9.17) is 11.6 Å². The lowest BCUT2D eigenvalue weighted by Gasteiger charge is -2.00. The molecule has 0 saturated heterocycles. The number of hydrogen-bond donors (Lipinski definition) is 0. The van der Waals surface area contributed by atoms with Gasteiger partial charge in [0.25, 0.3) is 0 Å². The quantitative estimate of drug-likeness (QED) is 0.715. The van der Waals surface area contributed by atoms with Crippen molar-refractivity contribution in [2.24, 2.45) is 0 Å². The van der Waals surface area contributed by atoms with E-state index in [0.29, 0.717) is 16.7 Å². The normalized spacial score (nSPS) is 10.1. The largest absolute Gasteiger partial charge is 0.265 e. The van der Waals surface area contributed by atoms with Gasteiger partial charge in [0.2, 0.25) is 0 Å². The summed E-state index contributed by atoms with van der Waals surface area (Å²) in [5.41, 5.74) is 1.45. The Hall–Kier alpha value is -1.55. The van der Waals surface area contributed by atoms with E-state index in [0.717, 1.165) is 5.56 Å². The maximum atomic E-state index is 5.93. The van der Waals surface area contributed by atoms with Gasteiger partial charge in [0, 0.05) is 18.0 Å². The minimum Gasteiger partial charge on any atom is -0.265 e. The van der Waals surface area contributed by atoms with Crippen molar-refractivity contribution in [3.63, 3.8) is 0 Å². The molecule has 2 aromatic rings. The van der Waals surface area contributed by atoms with E-state index in [1.54, 1.807) is 19.3 Å². The van der Waals surface area contributed by atoms with Crippen molar-refractivity contribution in [1.29, 1.82) is 0 Å². The molecule has 70 valence electrons. The average Bonchev–Trinajstić information content (AvgIpc) is 2.19. The van der Waals surface area contributed by atoms with Gasteiger partial charge < -0.3 is 0 Å². The highest BCUT2D eigenvalue weighted by Gasteiger charge is 2.06. The molecule has 0 unspecified atom stereocenters. The van der Waals surface area contributed by atoms with Crippen molar-refractivity contribution in [3.05, 3.63) is 35.5 Å². The Labute approximate surface area is 86.0 Å². The van der Waals surface area contributed by atoms with Crippen molar-refractivity contribution in [1.82, 2.24) is 20.2 Å². The molecular formula is C9H7ClN4. The summed E-state index contributed by atoms with van der Waals surface area (Å²) in [6.07, 6.45) is 3.35. The monoisotopic (exact) mass is 206 g/mol. The molecule has 5 heteroatoms. The van der Waals surface area contributed by atoms with Crippen LogP contribution in [0.25, 0.3) is 11.3 Å². The third-order valence-corrected chi connectivity index (χ3v) is 1.97.